The summed E-state index contributed by atoms with van der Waals surface area (Å²) >= 11 is 0. The van der Waals surface area contributed by atoms with Gasteiger partial charge in [0.25, 0.3) is 0 Å². The molecule has 2 fully saturated rings. The van der Waals surface area contributed by atoms with E-state index in [-0.39, 0.29) is 12.5 Å². The van der Waals surface area contributed by atoms with Gasteiger partial charge in [-0.15, -0.1) is 0 Å². The summed E-state index contributed by atoms with van der Waals surface area (Å²) in [6.45, 7) is 2.70. The average Bonchev–Trinajstić information content (AvgIpc) is 3.41. The summed E-state index contributed by atoms with van der Waals surface area (Å²) in [7, 11) is 0. The van der Waals surface area contributed by atoms with E-state index in [4.69, 9.17) is 18.9 Å². The van der Waals surface area contributed by atoms with Gasteiger partial charge >= 0.3 is 0 Å². The maximum atomic E-state index is 13.2. The van der Waals surface area contributed by atoms with Crippen LogP contribution in [0.1, 0.15) is 200 Å². The molecule has 12 atom stereocenters. The van der Waals surface area contributed by atoms with E-state index in [9.17, 15) is 45.6 Å². The zero-order valence-electron chi connectivity index (χ0n) is 46.3. The lowest BCUT2D eigenvalue weighted by atomic mass is 9.97. The molecule has 1 amide bonds. The number of hydrogen-bond acceptors (Lipinski definition) is 13. The summed E-state index contributed by atoms with van der Waals surface area (Å²) in [5.74, 6) is -0.219. The zero-order chi connectivity index (χ0) is 54.6. The molecule has 0 aromatic rings. The van der Waals surface area contributed by atoms with Crippen LogP contribution in [0.4, 0.5) is 0 Å². The molecule has 0 saturated carbocycles. The topological polar surface area (TPSA) is 228 Å². The molecule has 75 heavy (non-hydrogen) atoms. The SMILES string of the molecule is CC/C=C\C/C=C\C/C=C\C/C=C\C/C=C\C/C=C\C/C=C\CCCCCCCCCCCC(=O)NC(COC1OC(CO)C(OC2OC(CO)C(O)C(O)C2O)C(O)C1O)C(O)CCCCCCCCCCCC. The number of carbonyl (C=O) groups is 1. The van der Waals surface area contributed by atoms with Crippen LogP contribution < -0.4 is 5.32 Å². The van der Waals surface area contributed by atoms with Crippen LogP contribution in [-0.2, 0) is 23.7 Å². The summed E-state index contributed by atoms with van der Waals surface area (Å²) in [6, 6.07) is -0.835. The third-order valence-electron chi connectivity index (χ3n) is 13.9. The number of allylic oxidation sites excluding steroid dienone is 14. The van der Waals surface area contributed by atoms with Crippen molar-refractivity contribution in [3.05, 3.63) is 85.1 Å². The van der Waals surface area contributed by atoms with Gasteiger partial charge in [-0.25, -0.2) is 0 Å². The van der Waals surface area contributed by atoms with Crippen LogP contribution in [0.2, 0.25) is 0 Å². The van der Waals surface area contributed by atoms with E-state index in [1.54, 1.807) is 0 Å². The highest BCUT2D eigenvalue weighted by atomic mass is 16.7. The third kappa shape index (κ3) is 32.0. The molecule has 14 heteroatoms. The molecule has 12 unspecified atom stereocenters. The third-order valence-corrected chi connectivity index (χ3v) is 13.9. The minimum Gasteiger partial charge on any atom is -0.394 e. The summed E-state index contributed by atoms with van der Waals surface area (Å²) in [4.78, 5) is 13.2. The lowest BCUT2D eigenvalue weighted by molar-refractivity contribution is -0.359. The second kappa shape index (κ2) is 46.1. The number of ether oxygens (including phenoxy) is 4. The molecule has 0 spiro atoms. The van der Waals surface area contributed by atoms with Crippen molar-refractivity contribution in [1.82, 2.24) is 5.32 Å². The number of aliphatic hydroxyl groups excluding tert-OH is 8. The number of nitrogens with one attached hydrogen (secondary N) is 1. The van der Waals surface area contributed by atoms with Gasteiger partial charge in [-0.1, -0.05) is 208 Å². The molecule has 2 rings (SSSR count). The standard InChI is InChI=1S/C61H105NO13/c1-3-5-7-9-11-13-15-16-17-18-19-20-21-22-23-24-25-26-27-28-29-30-31-32-33-34-35-37-39-41-43-45-53(66)62-49(50(65)44-42-40-38-36-14-12-10-8-6-4-2)48-72-60-58(71)56(69)59(52(47-64)74-60)75-61-57(70)55(68)54(67)51(46-63)73-61/h5,7,11,13,16-17,19-20,22-23,25-26,28-29,49-52,54-61,63-65,67-71H,3-4,6,8-10,12,14-15,18,21,24,27,30-48H2,1-2H3,(H,62,66)/b7-5-,13-11-,17-16-,20-19-,23-22-,26-25-,29-28-. The van der Waals surface area contributed by atoms with Gasteiger partial charge in [-0.2, -0.15) is 0 Å². The quantitative estimate of drug-likeness (QED) is 0.0205. The van der Waals surface area contributed by atoms with Crippen LogP contribution in [0, 0.1) is 0 Å². The molecule has 14 nitrogen and oxygen atoms in total. The van der Waals surface area contributed by atoms with E-state index in [1.807, 2.05) is 0 Å². The Labute approximate surface area is 452 Å². The summed E-state index contributed by atoms with van der Waals surface area (Å²) in [5.41, 5.74) is 0. The van der Waals surface area contributed by atoms with E-state index >= 15 is 0 Å². The van der Waals surface area contributed by atoms with Crippen molar-refractivity contribution in [1.29, 1.82) is 0 Å². The van der Waals surface area contributed by atoms with Crippen LogP contribution in [-0.4, -0.2) is 140 Å². The van der Waals surface area contributed by atoms with E-state index in [0.29, 0.717) is 19.3 Å². The predicted molar refractivity (Wildman–Crippen MR) is 300 cm³/mol. The van der Waals surface area contributed by atoms with Crippen LogP contribution >= 0.6 is 0 Å². The highest BCUT2D eigenvalue weighted by Crippen LogP contribution is 2.30. The summed E-state index contributed by atoms with van der Waals surface area (Å²) < 4.78 is 22.8. The lowest BCUT2D eigenvalue weighted by Crippen LogP contribution is -2.65. The second-order valence-electron chi connectivity index (χ2n) is 20.4. The van der Waals surface area contributed by atoms with Crippen molar-refractivity contribution in [2.45, 2.75) is 274 Å². The molecular weight excluding hydrogens is 955 g/mol. The molecule has 2 heterocycles. The number of carbonyl (C=O) groups excluding carboxylic acids is 1. The monoisotopic (exact) mass is 1060 g/mol. The normalized spacial score (nSPS) is 25.7. The molecule has 2 aliphatic rings. The number of hydrogen-bond donors (Lipinski definition) is 9. The lowest BCUT2D eigenvalue weighted by Gasteiger charge is -2.46. The van der Waals surface area contributed by atoms with Crippen molar-refractivity contribution in [2.24, 2.45) is 0 Å². The molecule has 2 aliphatic heterocycles. The highest BCUT2D eigenvalue weighted by Gasteiger charge is 2.51. The van der Waals surface area contributed by atoms with Crippen LogP contribution in [0.5, 0.6) is 0 Å². The number of unbranched alkanes of at least 4 members (excludes halogenated alkanes) is 18. The maximum Gasteiger partial charge on any atom is 0.220 e. The van der Waals surface area contributed by atoms with Crippen LogP contribution in [0.25, 0.3) is 0 Å². The molecule has 0 aromatic heterocycles. The predicted octanol–water partition coefficient (Wildman–Crippen LogP) is 9.72. The van der Waals surface area contributed by atoms with Crippen molar-refractivity contribution < 1.29 is 64.6 Å². The van der Waals surface area contributed by atoms with E-state index in [0.717, 1.165) is 96.3 Å². The van der Waals surface area contributed by atoms with Gasteiger partial charge in [0, 0.05) is 6.42 Å². The van der Waals surface area contributed by atoms with Gasteiger partial charge in [-0.3, -0.25) is 4.79 Å². The van der Waals surface area contributed by atoms with Crippen LogP contribution in [0.3, 0.4) is 0 Å². The first-order valence-corrected chi connectivity index (χ1v) is 29.3. The number of aliphatic hydroxyl groups is 8. The van der Waals surface area contributed by atoms with E-state index in [2.05, 4.69) is 104 Å². The Kier molecular flexibility index (Phi) is 42.0. The van der Waals surface area contributed by atoms with Gasteiger partial charge in [0.15, 0.2) is 12.6 Å². The molecule has 432 valence electrons. The number of amides is 1. The Morgan fingerprint density at radius 3 is 1.41 bits per heavy atom. The molecular formula is C61H105NO13. The Bertz CT molecular complexity index is 1580. The summed E-state index contributed by atoms with van der Waals surface area (Å²) in [5, 5.41) is 87.0. The Balaban J connectivity index is 1.67. The minimum absolute atomic E-state index is 0.219. The second-order valence-corrected chi connectivity index (χ2v) is 20.4. The maximum absolute atomic E-state index is 13.2. The fourth-order valence-corrected chi connectivity index (χ4v) is 9.16. The molecule has 0 aromatic carbocycles. The first-order valence-electron chi connectivity index (χ1n) is 29.3. The molecule has 0 bridgehead atoms. The Hall–Kier alpha value is -2.83. The molecule has 0 radical (unpaired) electrons. The van der Waals surface area contributed by atoms with Gasteiger partial charge in [0.1, 0.15) is 48.8 Å². The number of rotatable bonds is 45. The van der Waals surface area contributed by atoms with E-state index in [1.165, 1.54) is 70.6 Å². The molecule has 9 N–H and O–H groups in total. The van der Waals surface area contributed by atoms with Gasteiger partial charge in [0.05, 0.1) is 32.0 Å². The van der Waals surface area contributed by atoms with Crippen LogP contribution in [0.15, 0.2) is 85.1 Å². The van der Waals surface area contributed by atoms with Gasteiger partial charge < -0.3 is 65.1 Å². The van der Waals surface area contributed by atoms with Gasteiger partial charge in [0.2, 0.25) is 5.91 Å². The Morgan fingerprint density at radius 2 is 0.920 bits per heavy atom. The van der Waals surface area contributed by atoms with Gasteiger partial charge in [-0.05, 0) is 70.6 Å². The molecule has 0 aliphatic carbocycles. The van der Waals surface area contributed by atoms with Crippen molar-refractivity contribution in [3.8, 4) is 0 Å². The van der Waals surface area contributed by atoms with Crippen molar-refractivity contribution >= 4 is 5.91 Å². The largest absolute Gasteiger partial charge is 0.394 e. The summed E-state index contributed by atoms with van der Waals surface area (Å²) in [6.07, 6.45) is 44.5. The van der Waals surface area contributed by atoms with Crippen molar-refractivity contribution in [3.63, 3.8) is 0 Å². The average molecular weight is 1060 g/mol. The first-order chi connectivity index (χ1) is 36.6. The fraction of sp³-hybridized carbons (Fsp3) is 0.754. The van der Waals surface area contributed by atoms with E-state index < -0.39 is 86.8 Å². The Morgan fingerprint density at radius 1 is 0.493 bits per heavy atom. The smallest absolute Gasteiger partial charge is 0.220 e. The minimum atomic E-state index is -1.79. The highest BCUT2D eigenvalue weighted by molar-refractivity contribution is 5.76. The first kappa shape index (κ1) is 68.3. The fourth-order valence-electron chi connectivity index (χ4n) is 9.16. The zero-order valence-corrected chi connectivity index (χ0v) is 46.3. The molecule has 2 saturated heterocycles. The van der Waals surface area contributed by atoms with Crippen molar-refractivity contribution in [2.75, 3.05) is 19.8 Å².